The number of hydrogen-bond donors (Lipinski definition) is 0. The predicted molar refractivity (Wildman–Crippen MR) is 123 cm³/mol. The maximum absolute atomic E-state index is 5.30. The molecule has 3 aromatic rings. The van der Waals surface area contributed by atoms with Crippen LogP contribution in [0.1, 0.15) is 43.6 Å². The minimum absolute atomic E-state index is 0.0268. The van der Waals surface area contributed by atoms with E-state index in [1.54, 1.807) is 7.11 Å². The lowest BCUT2D eigenvalue weighted by atomic mass is 10.0. The molecule has 0 aromatic heterocycles. The molecule has 150 valence electrons. The Bertz CT molecular complexity index is 931. The van der Waals surface area contributed by atoms with Crippen molar-refractivity contribution in [1.29, 1.82) is 0 Å². The number of nitrogens with zero attached hydrogens (tertiary/aromatic N) is 2. The normalized spacial score (nSPS) is 18.0. The average molecular weight is 387 g/mol. The van der Waals surface area contributed by atoms with Gasteiger partial charge >= 0.3 is 0 Å². The number of methoxy groups -OCH3 is 1. The molecule has 3 aromatic carbocycles. The molecule has 0 amide bonds. The van der Waals surface area contributed by atoms with Crippen LogP contribution in [0.25, 0.3) is 0 Å². The first kappa shape index (κ1) is 20.7. The first-order valence-corrected chi connectivity index (χ1v) is 10.3. The largest absolute Gasteiger partial charge is 0.497 e. The third kappa shape index (κ3) is 4.34. The molecule has 2 atom stereocenters. The molecule has 0 fully saturated rings. The van der Waals surface area contributed by atoms with Gasteiger partial charge in [0.05, 0.1) is 18.9 Å². The van der Waals surface area contributed by atoms with Crippen molar-refractivity contribution in [1.82, 2.24) is 0 Å². The van der Waals surface area contributed by atoms with E-state index in [4.69, 9.17) is 9.73 Å². The quantitative estimate of drug-likeness (QED) is 0.516. The van der Waals surface area contributed by atoms with Crippen molar-refractivity contribution in [3.05, 3.63) is 95.6 Å². The highest BCUT2D eigenvalue weighted by molar-refractivity contribution is 6.07. The van der Waals surface area contributed by atoms with Crippen LogP contribution < -0.4 is 9.64 Å². The fraction of sp³-hybridized carbons (Fsp3) is 0.269. The molecule has 3 nitrogen and oxygen atoms in total. The van der Waals surface area contributed by atoms with Crippen molar-refractivity contribution >= 4 is 11.4 Å². The number of anilines is 1. The number of hydrogen-bond acceptors (Lipinski definition) is 3. The Morgan fingerprint density at radius 1 is 0.828 bits per heavy atom. The summed E-state index contributed by atoms with van der Waals surface area (Å²) in [7, 11) is 1.69. The average Bonchev–Trinajstić information content (AvgIpc) is 3.13. The molecular weight excluding hydrogens is 356 g/mol. The topological polar surface area (TPSA) is 24.8 Å². The predicted octanol–water partition coefficient (Wildman–Crippen LogP) is 6.43. The van der Waals surface area contributed by atoms with Crippen LogP contribution in [0, 0.1) is 6.92 Å². The van der Waals surface area contributed by atoms with Gasteiger partial charge in [-0.2, -0.15) is 0 Å². The smallest absolute Gasteiger partial charge is 0.148 e. The van der Waals surface area contributed by atoms with Crippen LogP contribution in [0.2, 0.25) is 0 Å². The number of benzene rings is 3. The van der Waals surface area contributed by atoms with E-state index in [2.05, 4.69) is 79.4 Å². The Labute approximate surface area is 174 Å². The molecule has 0 spiro atoms. The highest BCUT2D eigenvalue weighted by atomic mass is 16.5. The Balaban J connectivity index is 0.00000117. The molecule has 1 aliphatic rings. The zero-order valence-corrected chi connectivity index (χ0v) is 18.0. The lowest BCUT2D eigenvalue weighted by molar-refractivity contribution is 0.415. The second kappa shape index (κ2) is 9.42. The first-order chi connectivity index (χ1) is 14.2. The molecule has 1 heterocycles. The van der Waals surface area contributed by atoms with Gasteiger partial charge in [0.2, 0.25) is 0 Å². The van der Waals surface area contributed by atoms with Crippen LogP contribution in [-0.4, -0.2) is 18.9 Å². The van der Waals surface area contributed by atoms with Crippen molar-refractivity contribution in [2.24, 2.45) is 4.99 Å². The molecule has 1 aliphatic heterocycles. The first-order valence-electron chi connectivity index (χ1n) is 10.3. The van der Waals surface area contributed by atoms with Crippen molar-refractivity contribution in [2.45, 2.75) is 39.9 Å². The summed E-state index contributed by atoms with van der Waals surface area (Å²) in [6, 6.07) is 27.6. The van der Waals surface area contributed by atoms with Gasteiger partial charge in [-0.25, -0.2) is 0 Å². The summed E-state index contributed by atoms with van der Waals surface area (Å²) < 4.78 is 5.30. The third-order valence-electron chi connectivity index (χ3n) is 5.15. The van der Waals surface area contributed by atoms with Gasteiger partial charge in [0, 0.05) is 5.69 Å². The van der Waals surface area contributed by atoms with Crippen molar-refractivity contribution < 1.29 is 4.74 Å². The second-order valence-electron chi connectivity index (χ2n) is 6.95. The Hall–Kier alpha value is -3.07. The van der Waals surface area contributed by atoms with Crippen LogP contribution in [0.5, 0.6) is 5.75 Å². The van der Waals surface area contributed by atoms with Gasteiger partial charge in [-0.05, 0) is 61.4 Å². The second-order valence-corrected chi connectivity index (χ2v) is 6.95. The molecular formula is C26H30N2O. The lowest BCUT2D eigenvalue weighted by Crippen LogP contribution is -2.35. The number of rotatable bonds is 4. The van der Waals surface area contributed by atoms with E-state index < -0.39 is 0 Å². The van der Waals surface area contributed by atoms with Gasteiger partial charge in [0.1, 0.15) is 11.9 Å². The van der Waals surface area contributed by atoms with E-state index in [1.807, 2.05) is 32.0 Å². The van der Waals surface area contributed by atoms with Crippen molar-refractivity contribution in [3.8, 4) is 5.75 Å². The highest BCUT2D eigenvalue weighted by Crippen LogP contribution is 2.37. The zero-order valence-electron chi connectivity index (χ0n) is 18.0. The van der Waals surface area contributed by atoms with Crippen molar-refractivity contribution in [2.75, 3.05) is 12.0 Å². The molecule has 29 heavy (non-hydrogen) atoms. The van der Waals surface area contributed by atoms with Crippen LogP contribution in [0.4, 0.5) is 5.69 Å². The molecule has 0 bridgehead atoms. The highest BCUT2D eigenvalue weighted by Gasteiger charge is 2.35. The van der Waals surface area contributed by atoms with Crippen molar-refractivity contribution in [3.63, 3.8) is 0 Å². The summed E-state index contributed by atoms with van der Waals surface area (Å²) in [6.45, 7) is 8.34. The van der Waals surface area contributed by atoms with Crippen LogP contribution in [0.3, 0.4) is 0 Å². The van der Waals surface area contributed by atoms with Gasteiger partial charge in [0.15, 0.2) is 0 Å². The SMILES string of the molecule is CC.COc1ccc(C2=NC(c3ccccc3)N(c3ccc(C)cc3)C2C)cc1. The van der Waals surface area contributed by atoms with Crippen LogP contribution in [0.15, 0.2) is 83.9 Å². The van der Waals surface area contributed by atoms with Crippen LogP contribution >= 0.6 is 0 Å². The summed E-state index contributed by atoms with van der Waals surface area (Å²) in [5.41, 5.74) is 5.90. The van der Waals surface area contributed by atoms with Gasteiger partial charge in [-0.3, -0.25) is 4.99 Å². The summed E-state index contributed by atoms with van der Waals surface area (Å²) in [6.07, 6.45) is -0.0268. The fourth-order valence-electron chi connectivity index (χ4n) is 3.66. The van der Waals surface area contributed by atoms with E-state index in [0.717, 1.165) is 17.0 Å². The van der Waals surface area contributed by atoms with Crippen LogP contribution in [-0.2, 0) is 0 Å². The molecule has 0 radical (unpaired) electrons. The van der Waals surface area contributed by atoms with E-state index in [0.29, 0.717) is 0 Å². The van der Waals surface area contributed by atoms with Gasteiger partial charge < -0.3 is 9.64 Å². The summed E-state index contributed by atoms with van der Waals surface area (Å²) in [5.74, 6) is 0.861. The van der Waals surface area contributed by atoms with E-state index in [-0.39, 0.29) is 12.2 Å². The molecule has 0 saturated carbocycles. The summed E-state index contributed by atoms with van der Waals surface area (Å²) in [4.78, 5) is 7.54. The Kier molecular flexibility index (Phi) is 6.71. The minimum Gasteiger partial charge on any atom is -0.497 e. The zero-order chi connectivity index (χ0) is 20.8. The molecule has 0 aliphatic carbocycles. The van der Waals surface area contributed by atoms with E-state index in [9.17, 15) is 0 Å². The maximum Gasteiger partial charge on any atom is 0.148 e. The molecule has 0 saturated heterocycles. The number of aliphatic imine (C=N–C) groups is 1. The molecule has 4 rings (SSSR count). The molecule has 3 heteroatoms. The monoisotopic (exact) mass is 386 g/mol. The standard InChI is InChI=1S/C24H24N2O.C2H6/c1-17-9-13-21(14-10-17)26-18(2)23(19-11-15-22(27-3)16-12-19)25-24(26)20-7-5-4-6-8-20;1-2/h4-16,18,24H,1-3H3;1-2H3. The third-order valence-corrected chi connectivity index (χ3v) is 5.15. The Morgan fingerprint density at radius 2 is 1.45 bits per heavy atom. The number of ether oxygens (including phenoxy) is 1. The molecule has 2 unspecified atom stereocenters. The Morgan fingerprint density at radius 3 is 2.03 bits per heavy atom. The summed E-state index contributed by atoms with van der Waals surface area (Å²) in [5, 5.41) is 0. The van der Waals surface area contributed by atoms with E-state index >= 15 is 0 Å². The molecule has 0 N–H and O–H groups in total. The van der Waals surface area contributed by atoms with E-state index in [1.165, 1.54) is 16.8 Å². The minimum atomic E-state index is -0.0268. The van der Waals surface area contributed by atoms with Gasteiger partial charge in [0.25, 0.3) is 0 Å². The van der Waals surface area contributed by atoms with Gasteiger partial charge in [-0.15, -0.1) is 0 Å². The number of aryl methyl sites for hydroxylation is 1. The fourth-order valence-corrected chi connectivity index (χ4v) is 3.66. The maximum atomic E-state index is 5.30. The lowest BCUT2D eigenvalue weighted by Gasteiger charge is -2.30. The summed E-state index contributed by atoms with van der Waals surface area (Å²) >= 11 is 0. The van der Waals surface area contributed by atoms with Gasteiger partial charge in [-0.1, -0.05) is 61.9 Å².